The second-order valence-corrected chi connectivity index (χ2v) is 7.75. The van der Waals surface area contributed by atoms with Crippen LogP contribution in [0.5, 0.6) is 0 Å². The molecule has 5 N–H and O–H groups in total. The van der Waals surface area contributed by atoms with E-state index < -0.39 is 65.3 Å². The van der Waals surface area contributed by atoms with Crippen LogP contribution >= 0.6 is 11.3 Å². The van der Waals surface area contributed by atoms with Gasteiger partial charge in [-0.15, -0.1) is 11.3 Å². The molecule has 0 spiro atoms. The van der Waals surface area contributed by atoms with E-state index in [4.69, 9.17) is 10.8 Å². The predicted octanol–water partition coefficient (Wildman–Crippen LogP) is -2.19. The van der Waals surface area contributed by atoms with Crippen LogP contribution in [0.25, 0.3) is 0 Å². The number of nitrogens with two attached hydrogens (primary N) is 1. The van der Waals surface area contributed by atoms with E-state index in [2.05, 4.69) is 29.8 Å². The van der Waals surface area contributed by atoms with Crippen LogP contribution in [0.3, 0.4) is 0 Å². The number of anilines is 1. The van der Waals surface area contributed by atoms with Gasteiger partial charge in [-0.25, -0.2) is 18.9 Å². The zero-order valence-corrected chi connectivity index (χ0v) is 17.1. The van der Waals surface area contributed by atoms with Crippen LogP contribution in [-0.4, -0.2) is 89.4 Å². The summed E-state index contributed by atoms with van der Waals surface area (Å²) in [5, 5.41) is 15.5. The highest BCUT2D eigenvalue weighted by Gasteiger charge is 2.55. The van der Waals surface area contributed by atoms with Crippen molar-refractivity contribution in [2.45, 2.75) is 12.1 Å². The van der Waals surface area contributed by atoms with Crippen LogP contribution in [0.4, 0.5) is 9.93 Å². The number of hydrogen-bond donors (Lipinski definition) is 4. The van der Waals surface area contributed by atoms with Gasteiger partial charge >= 0.3 is 22.4 Å². The van der Waals surface area contributed by atoms with E-state index in [1.807, 2.05) is 0 Å². The minimum Gasteiger partial charge on any atom is -0.479 e. The van der Waals surface area contributed by atoms with Crippen LogP contribution in [0.15, 0.2) is 10.5 Å². The second-order valence-electron chi connectivity index (χ2n) is 5.57. The van der Waals surface area contributed by atoms with Crippen molar-refractivity contribution in [3.05, 3.63) is 11.1 Å². The molecule has 2 heterocycles. The van der Waals surface area contributed by atoms with Gasteiger partial charge in [0, 0.05) is 5.38 Å². The number of methoxy groups -OCH3 is 1. The van der Waals surface area contributed by atoms with E-state index in [0.717, 1.165) is 18.4 Å². The number of carbonyl (C=O) groups is 4. The number of carboxylic acids is 1. The molecule has 2 rings (SSSR count). The van der Waals surface area contributed by atoms with Crippen molar-refractivity contribution < 1.29 is 51.6 Å². The lowest BCUT2D eigenvalue weighted by molar-refractivity contribution is -0.147. The summed E-state index contributed by atoms with van der Waals surface area (Å²) < 4.78 is 40.8. The number of ether oxygens (including phenoxy) is 2. The third-order valence-corrected chi connectivity index (χ3v) is 5.19. The zero-order chi connectivity index (χ0) is 23.3. The van der Waals surface area contributed by atoms with E-state index >= 15 is 0 Å². The molecule has 0 unspecified atom stereocenters. The van der Waals surface area contributed by atoms with Gasteiger partial charge in [-0.2, -0.15) is 8.42 Å². The lowest BCUT2D eigenvalue weighted by Crippen LogP contribution is -2.73. The van der Waals surface area contributed by atoms with Crippen LogP contribution in [0.2, 0.25) is 0 Å². The van der Waals surface area contributed by atoms with Crippen LogP contribution in [-0.2, 0) is 39.0 Å². The molecule has 0 bridgehead atoms. The number of carboxylic acid groups (broad SMARTS) is 1. The molecule has 16 nitrogen and oxygen atoms in total. The first-order chi connectivity index (χ1) is 14.5. The Balaban J connectivity index is 2.24. The monoisotopic (exact) mass is 481 g/mol. The molecule has 1 saturated heterocycles. The normalized spacial score (nSPS) is 18.7. The van der Waals surface area contributed by atoms with Crippen molar-refractivity contribution in [3.63, 3.8) is 0 Å². The minimum atomic E-state index is -5.03. The average Bonchev–Trinajstić information content (AvgIpc) is 3.10. The maximum Gasteiger partial charge on any atom is 0.508 e. The van der Waals surface area contributed by atoms with E-state index in [1.54, 1.807) is 0 Å². The average molecular weight is 481 g/mol. The van der Waals surface area contributed by atoms with Gasteiger partial charge in [0.05, 0.1) is 7.11 Å². The van der Waals surface area contributed by atoms with Gasteiger partial charge in [-0.3, -0.25) is 14.1 Å². The highest BCUT2D eigenvalue weighted by molar-refractivity contribution is 7.84. The highest BCUT2D eigenvalue weighted by Crippen LogP contribution is 2.24. The molecular formula is C13H15N5O11S2. The molecule has 0 saturated carbocycles. The Morgan fingerprint density at radius 3 is 2.61 bits per heavy atom. The van der Waals surface area contributed by atoms with E-state index in [0.29, 0.717) is 0 Å². The van der Waals surface area contributed by atoms with Crippen LogP contribution in [0.1, 0.15) is 5.69 Å². The SMILES string of the molecule is COC(=O)OC[C@H]1[C@@H](NC(=O)C(=NOCC(=O)O)c2csc(N)n2)C(=O)N1S(=O)(=O)O. The molecule has 0 radical (unpaired) electrons. The molecule has 0 aromatic carbocycles. The van der Waals surface area contributed by atoms with Crippen molar-refractivity contribution >= 4 is 56.4 Å². The fourth-order valence-electron chi connectivity index (χ4n) is 2.30. The summed E-state index contributed by atoms with van der Waals surface area (Å²) in [6, 6.07) is -3.08. The largest absolute Gasteiger partial charge is 0.508 e. The molecule has 1 aromatic rings. The lowest BCUT2D eigenvalue weighted by Gasteiger charge is -2.43. The van der Waals surface area contributed by atoms with Gasteiger partial charge in [0.15, 0.2) is 10.8 Å². The highest BCUT2D eigenvalue weighted by atomic mass is 32.2. The van der Waals surface area contributed by atoms with Gasteiger partial charge in [0.2, 0.25) is 6.61 Å². The molecule has 1 aliphatic heterocycles. The fraction of sp³-hybridized carbons (Fsp3) is 0.385. The van der Waals surface area contributed by atoms with Crippen LogP contribution in [0, 0.1) is 0 Å². The number of nitrogens with zero attached hydrogens (tertiary/aromatic N) is 3. The van der Waals surface area contributed by atoms with Crippen LogP contribution < -0.4 is 11.1 Å². The van der Waals surface area contributed by atoms with Gasteiger partial charge in [0.1, 0.15) is 24.4 Å². The summed E-state index contributed by atoms with van der Waals surface area (Å²) in [7, 11) is -4.05. The van der Waals surface area contributed by atoms with Gasteiger partial charge in [-0.1, -0.05) is 5.16 Å². The van der Waals surface area contributed by atoms with E-state index in [1.165, 1.54) is 5.38 Å². The first kappa shape index (κ1) is 23.8. The van der Waals surface area contributed by atoms with Gasteiger partial charge in [0.25, 0.3) is 11.8 Å². The Kier molecular flexibility index (Phi) is 7.31. The summed E-state index contributed by atoms with van der Waals surface area (Å²) in [4.78, 5) is 54.8. The quantitative estimate of drug-likeness (QED) is 0.0965. The summed E-state index contributed by atoms with van der Waals surface area (Å²) >= 11 is 0.922. The number of β-lactam (4-membered cyclic amide) rings is 1. The number of nitrogens with one attached hydrogen (secondary N) is 1. The van der Waals surface area contributed by atoms with Gasteiger partial charge in [-0.05, 0) is 0 Å². The van der Waals surface area contributed by atoms with E-state index in [-0.39, 0.29) is 15.1 Å². The number of aliphatic carboxylic acids is 1. The molecule has 2 amide bonds. The number of thiazole rings is 1. The molecule has 1 aliphatic rings. The number of oxime groups is 1. The van der Waals surface area contributed by atoms with E-state index in [9.17, 15) is 32.1 Å². The van der Waals surface area contributed by atoms with Crippen molar-refractivity contribution in [1.82, 2.24) is 14.6 Å². The first-order valence-electron chi connectivity index (χ1n) is 7.91. The third kappa shape index (κ3) is 5.77. The third-order valence-electron chi connectivity index (χ3n) is 3.57. The number of nitrogen functional groups attached to an aromatic ring is 1. The number of hydrogen-bond acceptors (Lipinski definition) is 13. The second kappa shape index (κ2) is 9.53. The standard InChI is InChI=1S/C13H15N5O11S2/c1-27-13(23)28-2-6-9(11(22)18(6)31(24,25)26)16-10(21)8(17-29-3-7(19)20)5-4-30-12(14)15-5/h4,6,9H,2-3H2,1H3,(H2,14,15)(H,16,21)(H,19,20)(H,24,25,26)/t6-,9+/m0/s1. The summed E-state index contributed by atoms with van der Waals surface area (Å²) in [6.07, 6.45) is -1.21. The summed E-state index contributed by atoms with van der Waals surface area (Å²) in [5.74, 6) is -3.75. The Morgan fingerprint density at radius 1 is 1.42 bits per heavy atom. The molecule has 18 heteroatoms. The number of rotatable bonds is 9. The van der Waals surface area contributed by atoms with Gasteiger partial charge < -0.3 is 30.5 Å². The minimum absolute atomic E-state index is 0.000536. The maximum absolute atomic E-state index is 12.6. The molecule has 0 aliphatic carbocycles. The number of carbonyl (C=O) groups excluding carboxylic acids is 3. The Labute approximate surface area is 177 Å². The smallest absolute Gasteiger partial charge is 0.479 e. The molecule has 1 aromatic heterocycles. The van der Waals surface area contributed by atoms with Crippen molar-refractivity contribution in [2.24, 2.45) is 5.16 Å². The lowest BCUT2D eigenvalue weighted by atomic mass is 9.99. The molecule has 1 fully saturated rings. The Hall–Kier alpha value is -3.51. The first-order valence-corrected chi connectivity index (χ1v) is 10.2. The fourth-order valence-corrected chi connectivity index (χ4v) is 3.71. The summed E-state index contributed by atoms with van der Waals surface area (Å²) in [5.41, 5.74) is 4.80. The molecule has 170 valence electrons. The predicted molar refractivity (Wildman–Crippen MR) is 99.1 cm³/mol. The zero-order valence-electron chi connectivity index (χ0n) is 15.5. The van der Waals surface area contributed by atoms with Crippen molar-refractivity contribution in [2.75, 3.05) is 26.1 Å². The van der Waals surface area contributed by atoms with Crippen molar-refractivity contribution in [1.29, 1.82) is 0 Å². The maximum atomic E-state index is 12.6. The Morgan fingerprint density at radius 2 is 2.10 bits per heavy atom. The Bertz CT molecular complexity index is 1020. The van der Waals surface area contributed by atoms with Crippen molar-refractivity contribution in [3.8, 4) is 0 Å². The number of amides is 2. The summed E-state index contributed by atoms with van der Waals surface area (Å²) in [6.45, 7) is -1.65. The topological polar surface area (TPSA) is 237 Å². The molecular weight excluding hydrogens is 466 g/mol. The molecule has 2 atom stereocenters. The molecule has 31 heavy (non-hydrogen) atoms. The number of aromatic nitrogens is 1.